The van der Waals surface area contributed by atoms with E-state index < -0.39 is 6.29 Å². The van der Waals surface area contributed by atoms with E-state index in [-0.39, 0.29) is 18.4 Å². The van der Waals surface area contributed by atoms with E-state index in [4.69, 9.17) is 9.47 Å². The zero-order valence-electron chi connectivity index (χ0n) is 18.2. The van der Waals surface area contributed by atoms with E-state index >= 15 is 0 Å². The third kappa shape index (κ3) is 5.78. The van der Waals surface area contributed by atoms with Crippen molar-refractivity contribution in [3.8, 4) is 0 Å². The smallest absolute Gasteiger partial charge is 0.288 e. The highest BCUT2D eigenvalue weighted by atomic mass is 79.9. The van der Waals surface area contributed by atoms with Crippen molar-refractivity contribution in [3.63, 3.8) is 0 Å². The van der Waals surface area contributed by atoms with Crippen molar-refractivity contribution in [2.75, 3.05) is 33.2 Å². The molecule has 2 aliphatic rings. The number of likely N-dealkylation sites (N-methyl/N-ethyl adjacent to an activating group) is 1. The van der Waals surface area contributed by atoms with Crippen molar-refractivity contribution in [1.82, 2.24) is 9.80 Å². The molecule has 2 aromatic rings. The molecule has 0 radical (unpaired) electrons. The summed E-state index contributed by atoms with van der Waals surface area (Å²) in [5.41, 5.74) is 2.98. The number of carbonyl (C=O) groups is 1. The highest BCUT2D eigenvalue weighted by Gasteiger charge is 2.32. The molecule has 2 aliphatic heterocycles. The topological polar surface area (TPSA) is 62.2 Å². The predicted octanol–water partition coefficient (Wildman–Crippen LogP) is 3.65. The molecule has 1 N–H and O–H groups in total. The standard InChI is InChI=1S/C25H29BrN2O4/c1-27-10-12-28(13-11-27)25(30)23-14-21(20-6-8-22(26)9-7-20)15-24(32-23)31-17-19-4-2-18(16-29)3-5-19/h2-9,14,21,24,29H,10-13,15-17H2,1H3/t21-,24+/m1/s1. The first kappa shape index (κ1) is 23.0. The zero-order valence-corrected chi connectivity index (χ0v) is 19.8. The average molecular weight is 501 g/mol. The third-order valence-corrected chi connectivity index (χ3v) is 6.53. The van der Waals surface area contributed by atoms with Crippen LogP contribution in [0.25, 0.3) is 0 Å². The fourth-order valence-corrected chi connectivity index (χ4v) is 4.21. The molecule has 2 heterocycles. The summed E-state index contributed by atoms with van der Waals surface area (Å²) in [5, 5.41) is 9.22. The number of allylic oxidation sites excluding steroid dienone is 1. The van der Waals surface area contributed by atoms with Crippen molar-refractivity contribution < 1.29 is 19.4 Å². The molecule has 1 fully saturated rings. The molecule has 7 heteroatoms. The van der Waals surface area contributed by atoms with E-state index in [0.29, 0.717) is 31.9 Å². The Bertz CT molecular complexity index is 937. The quantitative estimate of drug-likeness (QED) is 0.655. The number of rotatable bonds is 6. The van der Waals surface area contributed by atoms with Gasteiger partial charge in [-0.1, -0.05) is 52.3 Å². The lowest BCUT2D eigenvalue weighted by Crippen LogP contribution is -2.48. The predicted molar refractivity (Wildman–Crippen MR) is 126 cm³/mol. The largest absolute Gasteiger partial charge is 0.459 e. The summed E-state index contributed by atoms with van der Waals surface area (Å²) in [7, 11) is 2.07. The lowest BCUT2D eigenvalue weighted by molar-refractivity contribution is -0.156. The van der Waals surface area contributed by atoms with Gasteiger partial charge in [-0.05, 0) is 41.9 Å². The Kier molecular flexibility index (Phi) is 7.63. The summed E-state index contributed by atoms with van der Waals surface area (Å²) in [6.45, 7) is 3.50. The van der Waals surface area contributed by atoms with Gasteiger partial charge < -0.3 is 24.4 Å². The minimum absolute atomic E-state index is 0.0182. The van der Waals surface area contributed by atoms with Crippen LogP contribution < -0.4 is 0 Å². The number of hydrogen-bond acceptors (Lipinski definition) is 5. The average Bonchev–Trinajstić information content (AvgIpc) is 2.83. The molecule has 0 bridgehead atoms. The Labute approximate surface area is 197 Å². The Hall–Kier alpha value is -2.19. The summed E-state index contributed by atoms with van der Waals surface area (Å²) in [6, 6.07) is 15.8. The van der Waals surface area contributed by atoms with Crippen LogP contribution in [0.4, 0.5) is 0 Å². The van der Waals surface area contributed by atoms with Crippen LogP contribution in [-0.4, -0.2) is 60.3 Å². The number of nitrogens with zero attached hydrogens (tertiary/aromatic N) is 2. The van der Waals surface area contributed by atoms with Crippen LogP contribution in [0, 0.1) is 0 Å². The maximum absolute atomic E-state index is 13.2. The van der Waals surface area contributed by atoms with Gasteiger partial charge in [0.15, 0.2) is 5.76 Å². The molecule has 0 saturated carbocycles. The van der Waals surface area contributed by atoms with E-state index in [1.807, 2.05) is 47.4 Å². The van der Waals surface area contributed by atoms with Crippen molar-refractivity contribution in [3.05, 3.63) is 81.5 Å². The summed E-state index contributed by atoms with van der Waals surface area (Å²) in [4.78, 5) is 17.3. The van der Waals surface area contributed by atoms with Crippen LogP contribution in [0.3, 0.4) is 0 Å². The number of ether oxygens (including phenoxy) is 2. The first-order chi connectivity index (χ1) is 15.5. The van der Waals surface area contributed by atoms with Gasteiger partial charge in [0.05, 0.1) is 13.2 Å². The minimum atomic E-state index is -0.516. The van der Waals surface area contributed by atoms with Gasteiger partial charge in [-0.25, -0.2) is 0 Å². The molecule has 0 aromatic heterocycles. The molecule has 2 aromatic carbocycles. The van der Waals surface area contributed by atoms with Crippen LogP contribution in [0.2, 0.25) is 0 Å². The monoisotopic (exact) mass is 500 g/mol. The number of carbonyl (C=O) groups excluding carboxylic acids is 1. The summed E-state index contributed by atoms with van der Waals surface area (Å²) in [5.74, 6) is 0.334. The second kappa shape index (κ2) is 10.6. The molecule has 1 saturated heterocycles. The normalized spacial score (nSPS) is 21.7. The second-order valence-corrected chi connectivity index (χ2v) is 9.27. The SMILES string of the molecule is CN1CCN(C(=O)C2=C[C@@H](c3ccc(Br)cc3)C[C@@H](OCc3ccc(CO)cc3)O2)CC1. The number of piperazine rings is 1. The molecule has 4 rings (SSSR count). The number of amides is 1. The van der Waals surface area contributed by atoms with Gasteiger partial charge in [-0.2, -0.15) is 0 Å². The Morgan fingerprint density at radius 1 is 1.06 bits per heavy atom. The molecule has 0 unspecified atom stereocenters. The first-order valence-corrected chi connectivity index (χ1v) is 11.7. The molecule has 0 aliphatic carbocycles. The Morgan fingerprint density at radius 3 is 2.38 bits per heavy atom. The molecule has 170 valence electrons. The van der Waals surface area contributed by atoms with Crippen molar-refractivity contribution in [2.45, 2.75) is 31.8 Å². The van der Waals surface area contributed by atoms with Gasteiger partial charge in [0.1, 0.15) is 0 Å². The highest BCUT2D eigenvalue weighted by molar-refractivity contribution is 9.10. The van der Waals surface area contributed by atoms with Gasteiger partial charge in [-0.15, -0.1) is 0 Å². The summed E-state index contributed by atoms with van der Waals surface area (Å²) in [6.07, 6.45) is 2.06. The van der Waals surface area contributed by atoms with Crippen molar-refractivity contribution in [1.29, 1.82) is 0 Å². The zero-order chi connectivity index (χ0) is 22.5. The van der Waals surface area contributed by atoms with E-state index in [2.05, 4.69) is 40.0 Å². The van der Waals surface area contributed by atoms with E-state index in [1.165, 1.54) is 0 Å². The van der Waals surface area contributed by atoms with E-state index in [9.17, 15) is 9.90 Å². The number of benzene rings is 2. The number of hydrogen-bond donors (Lipinski definition) is 1. The molecule has 0 spiro atoms. The van der Waals surface area contributed by atoms with Gasteiger partial charge in [0.25, 0.3) is 5.91 Å². The number of aliphatic hydroxyl groups excluding tert-OH is 1. The van der Waals surface area contributed by atoms with Crippen LogP contribution in [-0.2, 0) is 27.5 Å². The van der Waals surface area contributed by atoms with E-state index in [1.54, 1.807) is 0 Å². The van der Waals surface area contributed by atoms with Crippen LogP contribution in [0.1, 0.15) is 29.0 Å². The van der Waals surface area contributed by atoms with Gasteiger partial charge in [0.2, 0.25) is 6.29 Å². The molecule has 6 nitrogen and oxygen atoms in total. The molecule has 32 heavy (non-hydrogen) atoms. The van der Waals surface area contributed by atoms with Crippen LogP contribution in [0.15, 0.2) is 64.8 Å². The van der Waals surface area contributed by atoms with Gasteiger partial charge >= 0.3 is 0 Å². The number of halogens is 1. The summed E-state index contributed by atoms with van der Waals surface area (Å²) < 4.78 is 13.2. The van der Waals surface area contributed by atoms with Crippen LogP contribution >= 0.6 is 15.9 Å². The highest BCUT2D eigenvalue weighted by Crippen LogP contribution is 2.33. The van der Waals surface area contributed by atoms with Crippen molar-refractivity contribution in [2.24, 2.45) is 0 Å². The Balaban J connectivity index is 1.49. The molecular weight excluding hydrogens is 472 g/mol. The Morgan fingerprint density at radius 2 is 1.72 bits per heavy atom. The van der Waals surface area contributed by atoms with Crippen LogP contribution in [0.5, 0.6) is 0 Å². The van der Waals surface area contributed by atoms with Crippen molar-refractivity contribution >= 4 is 21.8 Å². The maximum atomic E-state index is 13.2. The minimum Gasteiger partial charge on any atom is -0.459 e. The molecular formula is C25H29BrN2O4. The van der Waals surface area contributed by atoms with Gasteiger partial charge in [-0.3, -0.25) is 4.79 Å². The third-order valence-electron chi connectivity index (χ3n) is 6.00. The van der Waals surface area contributed by atoms with Gasteiger partial charge in [0, 0.05) is 43.0 Å². The second-order valence-electron chi connectivity index (χ2n) is 8.35. The lowest BCUT2D eigenvalue weighted by Gasteiger charge is -2.35. The molecule has 1 amide bonds. The fraction of sp³-hybridized carbons (Fsp3) is 0.400. The maximum Gasteiger partial charge on any atom is 0.288 e. The van der Waals surface area contributed by atoms with E-state index in [0.717, 1.165) is 34.3 Å². The fourth-order valence-electron chi connectivity index (χ4n) is 3.95. The first-order valence-electron chi connectivity index (χ1n) is 10.9. The molecule has 2 atom stereocenters. The summed E-state index contributed by atoms with van der Waals surface area (Å²) >= 11 is 3.49. The lowest BCUT2D eigenvalue weighted by atomic mass is 9.93. The number of aliphatic hydroxyl groups is 1.